The van der Waals surface area contributed by atoms with Gasteiger partial charge in [0.25, 0.3) is 5.91 Å². The maximum absolute atomic E-state index is 14.0. The van der Waals surface area contributed by atoms with Gasteiger partial charge >= 0.3 is 5.97 Å². The fraction of sp³-hybridized carbons (Fsp3) is 0.556. The average molecular weight is 353 g/mol. The standard InChI is InChI=1S/C18H24FNO3S/c1-4-5-10-23-18(22)15-11-24-17(12(2)3)20(15)16(21)13-8-6-7-9-14(13)19/h6-9,12,15,17H,4-5,10-11H2,1-3H3/t15-,17-/m0/s1. The molecular formula is C18H24FNO3S. The number of hydrogen-bond donors (Lipinski definition) is 0. The van der Waals surface area contributed by atoms with Crippen LogP contribution in [0.2, 0.25) is 0 Å². The van der Waals surface area contributed by atoms with E-state index < -0.39 is 23.7 Å². The highest BCUT2D eigenvalue weighted by atomic mass is 32.2. The topological polar surface area (TPSA) is 46.6 Å². The van der Waals surface area contributed by atoms with Crippen molar-refractivity contribution in [2.75, 3.05) is 12.4 Å². The Kier molecular flexibility index (Phi) is 6.66. The Morgan fingerprint density at radius 1 is 1.38 bits per heavy atom. The third-order valence-electron chi connectivity index (χ3n) is 3.96. The predicted octanol–water partition coefficient (Wildman–Crippen LogP) is 3.71. The number of thioether (sulfide) groups is 1. The van der Waals surface area contributed by atoms with Gasteiger partial charge < -0.3 is 9.64 Å². The number of carbonyl (C=O) groups is 2. The zero-order valence-electron chi connectivity index (χ0n) is 14.3. The van der Waals surface area contributed by atoms with E-state index in [1.165, 1.54) is 17.0 Å². The van der Waals surface area contributed by atoms with Crippen molar-refractivity contribution in [3.8, 4) is 0 Å². The Hall–Kier alpha value is -1.56. The lowest BCUT2D eigenvalue weighted by molar-refractivity contribution is -0.148. The average Bonchev–Trinajstić information content (AvgIpc) is 3.00. The number of benzene rings is 1. The normalized spacial score (nSPS) is 20.5. The van der Waals surface area contributed by atoms with Crippen molar-refractivity contribution in [2.24, 2.45) is 5.92 Å². The first-order valence-corrected chi connectivity index (χ1v) is 9.37. The molecule has 0 unspecified atom stereocenters. The molecule has 4 nitrogen and oxygen atoms in total. The zero-order chi connectivity index (χ0) is 17.7. The highest BCUT2D eigenvalue weighted by molar-refractivity contribution is 8.00. The minimum Gasteiger partial charge on any atom is -0.464 e. The van der Waals surface area contributed by atoms with Crippen molar-refractivity contribution < 1.29 is 18.7 Å². The van der Waals surface area contributed by atoms with Crippen LogP contribution in [0.1, 0.15) is 44.0 Å². The molecule has 1 aliphatic rings. The monoisotopic (exact) mass is 353 g/mol. The molecule has 0 radical (unpaired) electrons. The number of hydrogen-bond acceptors (Lipinski definition) is 4. The smallest absolute Gasteiger partial charge is 0.329 e. The molecule has 1 saturated heterocycles. The van der Waals surface area contributed by atoms with Crippen molar-refractivity contribution in [2.45, 2.75) is 45.0 Å². The van der Waals surface area contributed by atoms with Crippen molar-refractivity contribution >= 4 is 23.6 Å². The van der Waals surface area contributed by atoms with Crippen molar-refractivity contribution in [1.29, 1.82) is 0 Å². The SMILES string of the molecule is CCCCOC(=O)[C@@H]1CS[C@@H](C(C)C)N1C(=O)c1ccccc1F. The summed E-state index contributed by atoms with van der Waals surface area (Å²) in [7, 11) is 0. The van der Waals surface area contributed by atoms with E-state index in [2.05, 4.69) is 0 Å². The molecule has 24 heavy (non-hydrogen) atoms. The fourth-order valence-corrected chi connectivity index (χ4v) is 4.13. The van der Waals surface area contributed by atoms with Gasteiger partial charge in [-0.05, 0) is 24.5 Å². The number of rotatable bonds is 6. The van der Waals surface area contributed by atoms with Gasteiger partial charge in [-0.25, -0.2) is 9.18 Å². The highest BCUT2D eigenvalue weighted by Crippen LogP contribution is 2.36. The molecule has 1 fully saturated rings. The molecule has 1 aromatic carbocycles. The van der Waals surface area contributed by atoms with Crippen LogP contribution in [0.25, 0.3) is 0 Å². The summed E-state index contributed by atoms with van der Waals surface area (Å²) < 4.78 is 19.3. The lowest BCUT2D eigenvalue weighted by Gasteiger charge is -2.30. The predicted molar refractivity (Wildman–Crippen MR) is 93.3 cm³/mol. The van der Waals surface area contributed by atoms with Crippen LogP contribution in [0.4, 0.5) is 4.39 Å². The van der Waals surface area contributed by atoms with Gasteiger partial charge in [0.1, 0.15) is 11.9 Å². The van der Waals surface area contributed by atoms with Gasteiger partial charge in [-0.2, -0.15) is 0 Å². The van der Waals surface area contributed by atoms with Crippen LogP contribution in [0.15, 0.2) is 24.3 Å². The number of unbranched alkanes of at least 4 members (excludes halogenated alkanes) is 1. The molecule has 0 aliphatic carbocycles. The molecule has 0 aromatic heterocycles. The number of halogens is 1. The van der Waals surface area contributed by atoms with E-state index in [0.29, 0.717) is 12.4 Å². The van der Waals surface area contributed by atoms with E-state index in [9.17, 15) is 14.0 Å². The second-order valence-corrected chi connectivity index (χ2v) is 7.35. The van der Waals surface area contributed by atoms with E-state index in [1.54, 1.807) is 23.9 Å². The summed E-state index contributed by atoms with van der Waals surface area (Å²) in [5.41, 5.74) is -0.00277. The highest BCUT2D eigenvalue weighted by Gasteiger charge is 2.44. The molecule has 132 valence electrons. The quantitative estimate of drug-likeness (QED) is 0.578. The van der Waals surface area contributed by atoms with Crippen LogP contribution in [-0.2, 0) is 9.53 Å². The van der Waals surface area contributed by atoms with Gasteiger partial charge in [0.15, 0.2) is 0 Å². The Labute approximate surface area is 146 Å². The van der Waals surface area contributed by atoms with Gasteiger partial charge in [-0.3, -0.25) is 4.79 Å². The van der Waals surface area contributed by atoms with Gasteiger partial charge in [-0.15, -0.1) is 11.8 Å². The first-order chi connectivity index (χ1) is 11.5. The lowest BCUT2D eigenvalue weighted by Crippen LogP contribution is -2.48. The van der Waals surface area contributed by atoms with Crippen LogP contribution in [0.3, 0.4) is 0 Å². The van der Waals surface area contributed by atoms with Crippen molar-refractivity contribution in [1.82, 2.24) is 4.90 Å². The molecule has 0 bridgehead atoms. The van der Waals surface area contributed by atoms with Crippen LogP contribution < -0.4 is 0 Å². The van der Waals surface area contributed by atoms with Crippen LogP contribution in [0.5, 0.6) is 0 Å². The van der Waals surface area contributed by atoms with Crippen molar-refractivity contribution in [3.63, 3.8) is 0 Å². The Morgan fingerprint density at radius 3 is 2.71 bits per heavy atom. The number of esters is 1. The first-order valence-electron chi connectivity index (χ1n) is 8.32. The van der Waals surface area contributed by atoms with Gasteiger partial charge in [0.2, 0.25) is 0 Å². The number of nitrogens with zero attached hydrogens (tertiary/aromatic N) is 1. The molecular weight excluding hydrogens is 329 g/mol. The van der Waals surface area contributed by atoms with E-state index in [-0.39, 0.29) is 16.9 Å². The molecule has 1 heterocycles. The number of ether oxygens (including phenoxy) is 1. The molecule has 0 spiro atoms. The molecule has 0 N–H and O–H groups in total. The second kappa shape index (κ2) is 8.51. The Morgan fingerprint density at radius 2 is 2.08 bits per heavy atom. The molecule has 0 saturated carbocycles. The summed E-state index contributed by atoms with van der Waals surface area (Å²) in [6.45, 7) is 6.35. The zero-order valence-corrected chi connectivity index (χ0v) is 15.1. The molecule has 1 aromatic rings. The minimum absolute atomic E-state index is 0.00277. The fourth-order valence-electron chi connectivity index (χ4n) is 2.67. The van der Waals surface area contributed by atoms with Crippen molar-refractivity contribution in [3.05, 3.63) is 35.6 Å². The minimum atomic E-state index is -0.661. The van der Waals surface area contributed by atoms with E-state index in [0.717, 1.165) is 12.8 Å². The largest absolute Gasteiger partial charge is 0.464 e. The summed E-state index contributed by atoms with van der Waals surface area (Å²) in [5, 5.41) is -0.166. The summed E-state index contributed by atoms with van der Waals surface area (Å²) >= 11 is 1.54. The lowest BCUT2D eigenvalue weighted by atomic mass is 10.1. The van der Waals surface area contributed by atoms with E-state index >= 15 is 0 Å². The molecule has 1 aliphatic heterocycles. The maximum Gasteiger partial charge on any atom is 0.329 e. The third kappa shape index (κ3) is 4.09. The van der Waals surface area contributed by atoms with Crippen LogP contribution in [0, 0.1) is 11.7 Å². The van der Waals surface area contributed by atoms with E-state index in [4.69, 9.17) is 4.74 Å². The van der Waals surface area contributed by atoms with Crippen LogP contribution in [-0.4, -0.2) is 40.6 Å². The summed E-state index contributed by atoms with van der Waals surface area (Å²) in [6.07, 6.45) is 1.72. The number of amides is 1. The molecule has 2 rings (SSSR count). The molecule has 2 atom stereocenters. The van der Waals surface area contributed by atoms with Gasteiger partial charge in [0.05, 0.1) is 17.5 Å². The Balaban J connectivity index is 2.23. The summed E-state index contributed by atoms with van der Waals surface area (Å²) in [6, 6.07) is 5.22. The summed E-state index contributed by atoms with van der Waals surface area (Å²) in [4.78, 5) is 26.8. The number of carbonyl (C=O) groups excluding carboxylic acids is 2. The maximum atomic E-state index is 14.0. The molecule has 1 amide bonds. The molecule has 6 heteroatoms. The third-order valence-corrected chi connectivity index (χ3v) is 5.58. The second-order valence-electron chi connectivity index (χ2n) is 6.20. The van der Waals surface area contributed by atoms with Gasteiger partial charge in [0, 0.05) is 5.75 Å². The first kappa shape index (κ1) is 18.8. The van der Waals surface area contributed by atoms with E-state index in [1.807, 2.05) is 20.8 Å². The Bertz CT molecular complexity index is 593. The van der Waals surface area contributed by atoms with Crippen LogP contribution >= 0.6 is 11.8 Å². The summed E-state index contributed by atoms with van der Waals surface area (Å²) in [5.74, 6) is -0.786. The van der Waals surface area contributed by atoms with Gasteiger partial charge in [-0.1, -0.05) is 39.3 Å².